The van der Waals surface area contributed by atoms with Crippen LogP contribution < -0.4 is 14.2 Å². The number of methoxy groups -OCH3 is 2. The molecule has 0 saturated carbocycles. The Hall–Kier alpha value is -4.70. The third-order valence-corrected chi connectivity index (χ3v) is 9.89. The van der Waals surface area contributed by atoms with E-state index in [0.717, 1.165) is 56.4 Å². The van der Waals surface area contributed by atoms with E-state index >= 15 is 0 Å². The van der Waals surface area contributed by atoms with Crippen LogP contribution in [0.4, 0.5) is 0 Å². The Morgan fingerprint density at radius 3 is 2.29 bits per heavy atom. The van der Waals surface area contributed by atoms with E-state index in [4.69, 9.17) is 14.2 Å². The minimum Gasteiger partial charge on any atom is -0.493 e. The van der Waals surface area contributed by atoms with Crippen LogP contribution in [0.5, 0.6) is 17.2 Å². The molecule has 48 heavy (non-hydrogen) atoms. The number of piperidine rings is 1. The summed E-state index contributed by atoms with van der Waals surface area (Å²) in [6.07, 6.45) is 4.24. The van der Waals surface area contributed by atoms with E-state index in [0.29, 0.717) is 30.9 Å². The number of rotatable bonds is 12. The number of Topliss-reactive ketones (excluding diaryl/α,β-unsaturated/α-hetero) is 1. The topological polar surface area (TPSA) is 114 Å². The number of aromatic nitrogens is 2. The van der Waals surface area contributed by atoms with Crippen LogP contribution >= 0.6 is 0 Å². The molecule has 3 heterocycles. The fourth-order valence-corrected chi connectivity index (χ4v) is 7.13. The molecule has 4 aromatic rings. The number of ether oxygens (including phenoxy) is 3. The number of ketones is 1. The number of likely N-dealkylation sites (tertiary alicyclic amines) is 2. The highest BCUT2D eigenvalue weighted by Crippen LogP contribution is 2.42. The SMILES string of the molecule is CCCC(=O)Oc1c(OC)cc(C(=O)N2CCC(CCN3CCC(C(=O)c4nc5ccccc5[nH]4)CC3)(c3ccccc3)C2)cc1OC. The lowest BCUT2D eigenvalue weighted by molar-refractivity contribution is -0.134. The van der Waals surface area contributed by atoms with Crippen LogP contribution in [-0.2, 0) is 10.2 Å². The van der Waals surface area contributed by atoms with Gasteiger partial charge in [0.05, 0.1) is 25.3 Å². The molecule has 2 aliphatic rings. The van der Waals surface area contributed by atoms with Gasteiger partial charge in [0.25, 0.3) is 5.91 Å². The predicted octanol–water partition coefficient (Wildman–Crippen LogP) is 6.05. The number of carbonyl (C=O) groups is 3. The molecular weight excluding hydrogens is 608 g/mol. The molecule has 0 bridgehead atoms. The number of fused-ring (bicyclic) bond motifs is 1. The second kappa shape index (κ2) is 14.6. The molecule has 1 unspecified atom stereocenters. The summed E-state index contributed by atoms with van der Waals surface area (Å²) >= 11 is 0. The molecule has 6 rings (SSSR count). The maximum absolute atomic E-state index is 14.0. The maximum Gasteiger partial charge on any atom is 0.311 e. The van der Waals surface area contributed by atoms with Crippen molar-refractivity contribution in [3.63, 3.8) is 0 Å². The summed E-state index contributed by atoms with van der Waals surface area (Å²) in [5, 5.41) is 0. The Labute approximate surface area is 281 Å². The second-order valence-electron chi connectivity index (χ2n) is 12.9. The van der Waals surface area contributed by atoms with Gasteiger partial charge in [-0.1, -0.05) is 49.4 Å². The molecule has 0 radical (unpaired) electrons. The first kappa shape index (κ1) is 33.2. The van der Waals surface area contributed by atoms with Gasteiger partial charge in [0.15, 0.2) is 17.3 Å². The molecule has 1 atom stereocenters. The van der Waals surface area contributed by atoms with Gasteiger partial charge in [-0.05, 0) is 81.6 Å². The number of carbonyl (C=O) groups excluding carboxylic acids is 3. The normalized spacial score (nSPS) is 18.6. The van der Waals surface area contributed by atoms with Gasteiger partial charge in [0.1, 0.15) is 0 Å². The lowest BCUT2D eigenvalue weighted by atomic mass is 9.76. The van der Waals surface area contributed by atoms with Crippen LogP contribution in [0.15, 0.2) is 66.7 Å². The second-order valence-corrected chi connectivity index (χ2v) is 12.9. The van der Waals surface area contributed by atoms with E-state index in [1.54, 1.807) is 12.1 Å². The summed E-state index contributed by atoms with van der Waals surface area (Å²) in [5.74, 6) is 0.727. The standard InChI is InChI=1S/C38H44N4O6/c1-4-10-33(43)48-35-31(46-2)23-27(24-32(35)47-3)37(45)42-22-18-38(25-42,28-11-6-5-7-12-28)17-21-41-19-15-26(16-20-41)34(44)36-39-29-13-8-9-14-30(29)40-36/h5-9,11-14,23-24,26H,4,10,15-22,25H2,1-3H3,(H,39,40). The Kier molecular flexibility index (Phi) is 10.1. The molecule has 1 amide bonds. The van der Waals surface area contributed by atoms with Gasteiger partial charge in [-0.25, -0.2) is 4.98 Å². The van der Waals surface area contributed by atoms with Crippen LogP contribution in [0.3, 0.4) is 0 Å². The highest BCUT2D eigenvalue weighted by atomic mass is 16.6. The van der Waals surface area contributed by atoms with Crippen molar-refractivity contribution in [3.8, 4) is 17.2 Å². The molecule has 0 spiro atoms. The molecule has 2 saturated heterocycles. The minimum atomic E-state index is -0.387. The van der Waals surface area contributed by atoms with Gasteiger partial charge < -0.3 is 29.0 Å². The number of esters is 1. The highest BCUT2D eigenvalue weighted by molar-refractivity contribution is 5.97. The van der Waals surface area contributed by atoms with E-state index in [9.17, 15) is 14.4 Å². The number of nitrogens with zero attached hydrogens (tertiary/aromatic N) is 3. The lowest BCUT2D eigenvalue weighted by Crippen LogP contribution is -2.41. The Bertz CT molecular complexity index is 1710. The van der Waals surface area contributed by atoms with E-state index in [-0.39, 0.29) is 52.7 Å². The number of amides is 1. The number of nitrogens with one attached hydrogen (secondary N) is 1. The molecular formula is C38H44N4O6. The fourth-order valence-electron chi connectivity index (χ4n) is 7.13. The summed E-state index contributed by atoms with van der Waals surface area (Å²) in [6, 6.07) is 21.4. The van der Waals surface area contributed by atoms with Crippen LogP contribution in [0, 0.1) is 5.92 Å². The number of hydrogen-bond acceptors (Lipinski definition) is 8. The Morgan fingerprint density at radius 2 is 1.62 bits per heavy atom. The molecule has 252 valence electrons. The van der Waals surface area contributed by atoms with Gasteiger partial charge in [-0.2, -0.15) is 0 Å². The maximum atomic E-state index is 14.0. The molecule has 1 N–H and O–H groups in total. The average molecular weight is 653 g/mol. The van der Waals surface area contributed by atoms with Gasteiger partial charge in [-0.15, -0.1) is 0 Å². The molecule has 1 aromatic heterocycles. The van der Waals surface area contributed by atoms with Crippen LogP contribution in [0.2, 0.25) is 0 Å². The number of imidazole rings is 1. The number of H-pyrrole nitrogens is 1. The lowest BCUT2D eigenvalue weighted by Gasteiger charge is -2.36. The van der Waals surface area contributed by atoms with Gasteiger partial charge in [0, 0.05) is 36.4 Å². The number of aromatic amines is 1. The van der Waals surface area contributed by atoms with Gasteiger partial charge in [-0.3, -0.25) is 14.4 Å². The van der Waals surface area contributed by atoms with Crippen molar-refractivity contribution >= 4 is 28.7 Å². The summed E-state index contributed by atoms with van der Waals surface area (Å²) in [4.78, 5) is 51.6. The zero-order valence-corrected chi connectivity index (χ0v) is 28.0. The molecule has 0 aliphatic carbocycles. The van der Waals surface area contributed by atoms with E-state index in [2.05, 4.69) is 39.1 Å². The third-order valence-electron chi connectivity index (χ3n) is 9.89. The number of para-hydroxylation sites is 2. The largest absolute Gasteiger partial charge is 0.493 e. The van der Waals surface area contributed by atoms with Crippen molar-refractivity contribution in [1.82, 2.24) is 19.8 Å². The zero-order valence-electron chi connectivity index (χ0n) is 28.0. The van der Waals surface area contributed by atoms with Crippen LogP contribution in [0.25, 0.3) is 11.0 Å². The van der Waals surface area contributed by atoms with Gasteiger partial charge in [0.2, 0.25) is 11.5 Å². The van der Waals surface area contributed by atoms with E-state index in [1.807, 2.05) is 42.2 Å². The smallest absolute Gasteiger partial charge is 0.311 e. The first-order valence-corrected chi connectivity index (χ1v) is 16.9. The third kappa shape index (κ3) is 6.94. The van der Waals surface area contributed by atoms with Gasteiger partial charge >= 0.3 is 5.97 Å². The summed E-state index contributed by atoms with van der Waals surface area (Å²) in [6.45, 7) is 5.66. The summed E-state index contributed by atoms with van der Waals surface area (Å²) in [7, 11) is 2.96. The number of hydrogen-bond donors (Lipinski definition) is 1. The summed E-state index contributed by atoms with van der Waals surface area (Å²) < 4.78 is 16.6. The van der Waals surface area contributed by atoms with Crippen molar-refractivity contribution in [2.45, 2.75) is 50.9 Å². The van der Waals surface area contributed by atoms with Crippen molar-refractivity contribution in [1.29, 1.82) is 0 Å². The molecule has 10 nitrogen and oxygen atoms in total. The van der Waals surface area contributed by atoms with E-state index in [1.165, 1.54) is 19.8 Å². The fraction of sp³-hybridized carbons (Fsp3) is 0.421. The van der Waals surface area contributed by atoms with Crippen molar-refractivity contribution in [2.24, 2.45) is 5.92 Å². The molecule has 3 aromatic carbocycles. The first-order chi connectivity index (χ1) is 23.3. The summed E-state index contributed by atoms with van der Waals surface area (Å²) in [5.41, 5.74) is 3.14. The molecule has 2 aliphatic heterocycles. The van der Waals surface area contributed by atoms with Crippen molar-refractivity contribution < 1.29 is 28.6 Å². The van der Waals surface area contributed by atoms with Crippen LogP contribution in [-0.4, -0.2) is 84.4 Å². The zero-order chi connectivity index (χ0) is 33.7. The quantitative estimate of drug-likeness (QED) is 0.112. The van der Waals surface area contributed by atoms with Crippen molar-refractivity contribution in [2.75, 3.05) is 46.9 Å². The average Bonchev–Trinajstić information content (AvgIpc) is 3.77. The minimum absolute atomic E-state index is 0.0416. The van der Waals surface area contributed by atoms with Crippen molar-refractivity contribution in [3.05, 3.63) is 83.7 Å². The molecule has 2 fully saturated rings. The molecule has 10 heteroatoms. The highest BCUT2D eigenvalue weighted by Gasteiger charge is 2.42. The Balaban J connectivity index is 1.13. The predicted molar refractivity (Wildman–Crippen MR) is 183 cm³/mol. The first-order valence-electron chi connectivity index (χ1n) is 16.9. The van der Waals surface area contributed by atoms with E-state index < -0.39 is 0 Å². The monoisotopic (exact) mass is 652 g/mol. The Morgan fingerprint density at radius 1 is 0.938 bits per heavy atom. The van der Waals surface area contributed by atoms with Crippen LogP contribution in [0.1, 0.15) is 72.0 Å². The number of benzene rings is 3.